The SMILES string of the molecule is CCc1n[nH]c(=S)n1-c1cc(F)c(Br)cc1F. The molecule has 2 aromatic rings. The van der Waals surface area contributed by atoms with E-state index in [2.05, 4.69) is 26.1 Å². The van der Waals surface area contributed by atoms with Crippen LogP contribution in [-0.4, -0.2) is 14.8 Å². The lowest BCUT2D eigenvalue weighted by Gasteiger charge is -2.07. The van der Waals surface area contributed by atoms with E-state index in [4.69, 9.17) is 12.2 Å². The molecule has 90 valence electrons. The molecule has 0 radical (unpaired) electrons. The van der Waals surface area contributed by atoms with Crippen LogP contribution in [0.4, 0.5) is 8.78 Å². The van der Waals surface area contributed by atoms with Crippen LogP contribution in [0, 0.1) is 16.4 Å². The van der Waals surface area contributed by atoms with Crippen LogP contribution in [0.5, 0.6) is 0 Å². The van der Waals surface area contributed by atoms with Crippen molar-refractivity contribution < 1.29 is 8.78 Å². The Labute approximate surface area is 110 Å². The van der Waals surface area contributed by atoms with Gasteiger partial charge in [0.2, 0.25) is 0 Å². The van der Waals surface area contributed by atoms with Crippen LogP contribution in [0.2, 0.25) is 0 Å². The highest BCUT2D eigenvalue weighted by molar-refractivity contribution is 9.10. The Kier molecular flexibility index (Phi) is 3.39. The third-order valence-electron chi connectivity index (χ3n) is 2.29. The highest BCUT2D eigenvalue weighted by Crippen LogP contribution is 2.23. The third kappa shape index (κ3) is 2.16. The summed E-state index contributed by atoms with van der Waals surface area (Å²) in [6.07, 6.45) is 0.560. The Balaban J connectivity index is 2.72. The largest absolute Gasteiger partial charge is 0.269 e. The predicted octanol–water partition coefficient (Wildman–Crippen LogP) is 3.53. The zero-order valence-corrected chi connectivity index (χ0v) is 11.2. The fraction of sp³-hybridized carbons (Fsp3) is 0.200. The smallest absolute Gasteiger partial charge is 0.199 e. The van der Waals surface area contributed by atoms with Gasteiger partial charge < -0.3 is 0 Å². The van der Waals surface area contributed by atoms with Gasteiger partial charge in [0.1, 0.15) is 17.5 Å². The Hall–Kier alpha value is -1.08. The van der Waals surface area contributed by atoms with Crippen LogP contribution in [0.3, 0.4) is 0 Å². The first-order valence-corrected chi connectivity index (χ1v) is 6.06. The molecule has 0 aliphatic carbocycles. The van der Waals surface area contributed by atoms with Crippen molar-refractivity contribution in [1.82, 2.24) is 14.8 Å². The number of aromatic nitrogens is 3. The first-order valence-electron chi connectivity index (χ1n) is 4.85. The fourth-order valence-electron chi connectivity index (χ4n) is 1.50. The van der Waals surface area contributed by atoms with Crippen molar-refractivity contribution in [2.24, 2.45) is 0 Å². The lowest BCUT2D eigenvalue weighted by molar-refractivity contribution is 0.585. The van der Waals surface area contributed by atoms with E-state index in [1.165, 1.54) is 4.57 Å². The second-order valence-corrected chi connectivity index (χ2v) is 4.59. The van der Waals surface area contributed by atoms with Crippen molar-refractivity contribution in [3.63, 3.8) is 0 Å². The van der Waals surface area contributed by atoms with E-state index in [9.17, 15) is 8.78 Å². The minimum atomic E-state index is -0.564. The molecular formula is C10H8BrF2N3S. The van der Waals surface area contributed by atoms with Crippen molar-refractivity contribution in [3.05, 3.63) is 38.8 Å². The molecule has 0 aliphatic rings. The van der Waals surface area contributed by atoms with Crippen molar-refractivity contribution in [2.45, 2.75) is 13.3 Å². The lowest BCUT2D eigenvalue weighted by atomic mass is 10.3. The van der Waals surface area contributed by atoms with Crippen LogP contribution in [0.25, 0.3) is 5.69 Å². The van der Waals surface area contributed by atoms with Gasteiger partial charge in [-0.3, -0.25) is 9.67 Å². The molecule has 3 nitrogen and oxygen atoms in total. The van der Waals surface area contributed by atoms with Crippen molar-refractivity contribution in [1.29, 1.82) is 0 Å². The summed E-state index contributed by atoms with van der Waals surface area (Å²) in [7, 11) is 0. The maximum Gasteiger partial charge on any atom is 0.199 e. The van der Waals surface area contributed by atoms with E-state index in [1.54, 1.807) is 0 Å². The summed E-state index contributed by atoms with van der Waals surface area (Å²) in [6.45, 7) is 1.86. The highest BCUT2D eigenvalue weighted by atomic mass is 79.9. The number of hydrogen-bond donors (Lipinski definition) is 1. The minimum absolute atomic E-state index is 0.0568. The molecular weight excluding hydrogens is 312 g/mol. The number of aryl methyl sites for hydroxylation is 1. The molecule has 7 heteroatoms. The molecule has 1 aromatic carbocycles. The third-order valence-corrected chi connectivity index (χ3v) is 3.17. The topological polar surface area (TPSA) is 33.6 Å². The van der Waals surface area contributed by atoms with Crippen LogP contribution < -0.4 is 0 Å². The number of halogens is 3. The zero-order valence-electron chi connectivity index (χ0n) is 8.80. The second-order valence-electron chi connectivity index (χ2n) is 3.35. The van der Waals surface area contributed by atoms with Gasteiger partial charge in [0.05, 0.1) is 10.2 Å². The summed E-state index contributed by atoms with van der Waals surface area (Å²) in [5.41, 5.74) is 0.0568. The number of hydrogen-bond acceptors (Lipinski definition) is 2. The Bertz CT molecular complexity index is 620. The van der Waals surface area contributed by atoms with Gasteiger partial charge in [-0.15, -0.1) is 0 Å². The average molecular weight is 320 g/mol. The summed E-state index contributed by atoms with van der Waals surface area (Å²) in [5, 5.41) is 6.51. The Morgan fingerprint density at radius 2 is 2.12 bits per heavy atom. The van der Waals surface area contributed by atoms with Gasteiger partial charge in [-0.05, 0) is 34.2 Å². The van der Waals surface area contributed by atoms with Crippen LogP contribution in [-0.2, 0) is 6.42 Å². The molecule has 0 bridgehead atoms. The van der Waals surface area contributed by atoms with Crippen LogP contribution in [0.1, 0.15) is 12.7 Å². The van der Waals surface area contributed by atoms with Crippen LogP contribution in [0.15, 0.2) is 16.6 Å². The first-order chi connectivity index (χ1) is 8.04. The van der Waals surface area contributed by atoms with E-state index in [0.29, 0.717) is 12.2 Å². The van der Waals surface area contributed by atoms with E-state index in [1.807, 2.05) is 6.92 Å². The molecule has 0 amide bonds. The Morgan fingerprint density at radius 1 is 1.41 bits per heavy atom. The lowest BCUT2D eigenvalue weighted by Crippen LogP contribution is -2.04. The standard InChI is InChI=1S/C10H8BrF2N3S/c1-2-9-14-15-10(17)16(9)8-4-6(12)5(11)3-7(8)13/h3-4H,2H2,1H3,(H,15,17). The van der Waals surface area contributed by atoms with Crippen molar-refractivity contribution >= 4 is 28.1 Å². The highest BCUT2D eigenvalue weighted by Gasteiger charge is 2.14. The van der Waals surface area contributed by atoms with E-state index >= 15 is 0 Å². The maximum absolute atomic E-state index is 13.8. The number of rotatable bonds is 2. The molecule has 0 saturated heterocycles. The molecule has 0 saturated carbocycles. The quantitative estimate of drug-likeness (QED) is 0.678. The van der Waals surface area contributed by atoms with Crippen LogP contribution >= 0.6 is 28.1 Å². The molecule has 0 atom stereocenters. The number of nitrogens with zero attached hydrogens (tertiary/aromatic N) is 2. The number of H-pyrrole nitrogens is 1. The number of nitrogens with one attached hydrogen (secondary N) is 1. The zero-order chi connectivity index (χ0) is 12.6. The van der Waals surface area contributed by atoms with Gasteiger partial charge in [0.25, 0.3) is 0 Å². The first kappa shape index (κ1) is 12.4. The molecule has 1 aromatic heterocycles. The van der Waals surface area contributed by atoms with Crippen molar-refractivity contribution in [2.75, 3.05) is 0 Å². The van der Waals surface area contributed by atoms with E-state index in [-0.39, 0.29) is 14.9 Å². The number of aromatic amines is 1. The molecule has 17 heavy (non-hydrogen) atoms. The molecule has 0 aliphatic heterocycles. The molecule has 0 fully saturated rings. The average Bonchev–Trinajstić information content (AvgIpc) is 2.65. The van der Waals surface area contributed by atoms with Gasteiger partial charge in [-0.25, -0.2) is 8.78 Å². The van der Waals surface area contributed by atoms with Crippen molar-refractivity contribution in [3.8, 4) is 5.69 Å². The van der Waals surface area contributed by atoms with E-state index in [0.717, 1.165) is 12.1 Å². The molecule has 0 spiro atoms. The molecule has 1 heterocycles. The number of benzene rings is 1. The summed E-state index contributed by atoms with van der Waals surface area (Å²) < 4.78 is 28.9. The summed E-state index contributed by atoms with van der Waals surface area (Å²) in [6, 6.07) is 2.16. The predicted molar refractivity (Wildman–Crippen MR) is 65.7 cm³/mol. The van der Waals surface area contributed by atoms with Gasteiger partial charge in [0, 0.05) is 12.5 Å². The van der Waals surface area contributed by atoms with Gasteiger partial charge in [-0.1, -0.05) is 6.92 Å². The summed E-state index contributed by atoms with van der Waals surface area (Å²) in [4.78, 5) is 0. The van der Waals surface area contributed by atoms with Gasteiger partial charge >= 0.3 is 0 Å². The maximum atomic E-state index is 13.8. The second kappa shape index (κ2) is 4.66. The molecule has 0 unspecified atom stereocenters. The van der Waals surface area contributed by atoms with Gasteiger partial charge in [0.15, 0.2) is 4.77 Å². The van der Waals surface area contributed by atoms with E-state index < -0.39 is 11.6 Å². The molecule has 2 rings (SSSR count). The summed E-state index contributed by atoms with van der Waals surface area (Å²) in [5.74, 6) is -0.562. The fourth-order valence-corrected chi connectivity index (χ4v) is 2.06. The van der Waals surface area contributed by atoms with Gasteiger partial charge in [-0.2, -0.15) is 5.10 Å². The minimum Gasteiger partial charge on any atom is -0.269 e. The molecule has 1 N–H and O–H groups in total. The monoisotopic (exact) mass is 319 g/mol. The summed E-state index contributed by atoms with van der Waals surface area (Å²) >= 11 is 7.92. The Morgan fingerprint density at radius 3 is 2.76 bits per heavy atom. The normalized spacial score (nSPS) is 10.8.